The van der Waals surface area contributed by atoms with E-state index in [1.165, 1.54) is 18.2 Å². The van der Waals surface area contributed by atoms with Crippen molar-refractivity contribution in [3.63, 3.8) is 0 Å². The second kappa shape index (κ2) is 6.15. The highest BCUT2D eigenvalue weighted by molar-refractivity contribution is 6.43. The van der Waals surface area contributed by atoms with E-state index in [2.05, 4.69) is 5.32 Å². The third-order valence-electron chi connectivity index (χ3n) is 3.43. The number of hydrogen-bond acceptors (Lipinski definition) is 5. The largest absolute Gasteiger partial charge is 0.507 e. The van der Waals surface area contributed by atoms with E-state index in [1.54, 1.807) is 0 Å². The number of aromatic hydroxyl groups is 1. The lowest BCUT2D eigenvalue weighted by Crippen LogP contribution is -2.48. The predicted octanol–water partition coefficient (Wildman–Crippen LogP) is -0.460. The SMILES string of the molecule is O=C(O)c1cccc(C[C@H](NC(=O)C2CC2)B(O)O)c1O. The number of phenols is 1. The Kier molecular flexibility index (Phi) is 4.49. The lowest BCUT2D eigenvalue weighted by molar-refractivity contribution is -0.122. The molecule has 5 N–H and O–H groups in total. The van der Waals surface area contributed by atoms with Gasteiger partial charge in [-0.1, -0.05) is 12.1 Å². The third kappa shape index (κ3) is 3.74. The first-order valence-corrected chi connectivity index (χ1v) is 6.60. The molecule has 0 saturated heterocycles. The zero-order chi connectivity index (χ0) is 15.6. The van der Waals surface area contributed by atoms with Crippen molar-refractivity contribution in [1.82, 2.24) is 5.32 Å². The Morgan fingerprint density at radius 1 is 1.33 bits per heavy atom. The maximum Gasteiger partial charge on any atom is 0.475 e. The number of aromatic carboxylic acids is 1. The molecule has 2 rings (SSSR count). The van der Waals surface area contributed by atoms with Crippen LogP contribution in [0.15, 0.2) is 18.2 Å². The number of benzene rings is 1. The molecule has 0 spiro atoms. The number of nitrogens with one attached hydrogen (secondary N) is 1. The number of carboxylic acids is 1. The van der Waals surface area contributed by atoms with Crippen molar-refractivity contribution in [2.75, 3.05) is 0 Å². The highest BCUT2D eigenvalue weighted by Crippen LogP contribution is 2.29. The first kappa shape index (κ1) is 15.3. The van der Waals surface area contributed by atoms with E-state index in [9.17, 15) is 24.7 Å². The fraction of sp³-hybridized carbons (Fsp3) is 0.385. The van der Waals surface area contributed by atoms with Gasteiger partial charge in [0, 0.05) is 5.92 Å². The second-order valence-electron chi connectivity index (χ2n) is 5.13. The molecule has 0 heterocycles. The fourth-order valence-electron chi connectivity index (χ4n) is 2.04. The van der Waals surface area contributed by atoms with Crippen molar-refractivity contribution in [1.29, 1.82) is 0 Å². The van der Waals surface area contributed by atoms with E-state index < -0.39 is 24.8 Å². The Morgan fingerprint density at radius 3 is 2.52 bits per heavy atom. The van der Waals surface area contributed by atoms with Gasteiger partial charge in [-0.25, -0.2) is 4.79 Å². The van der Waals surface area contributed by atoms with Crippen LogP contribution in [0.1, 0.15) is 28.8 Å². The summed E-state index contributed by atoms with van der Waals surface area (Å²) < 4.78 is 0. The molecule has 1 aliphatic carbocycles. The molecule has 0 aromatic heterocycles. The third-order valence-corrected chi connectivity index (χ3v) is 3.43. The topological polar surface area (TPSA) is 127 Å². The molecular formula is C13H16BNO6. The van der Waals surface area contributed by atoms with Crippen molar-refractivity contribution in [3.8, 4) is 5.75 Å². The zero-order valence-corrected chi connectivity index (χ0v) is 11.2. The van der Waals surface area contributed by atoms with Crippen molar-refractivity contribution >= 4 is 19.0 Å². The lowest BCUT2D eigenvalue weighted by atomic mass is 9.75. The molecule has 0 aliphatic heterocycles. The van der Waals surface area contributed by atoms with Gasteiger partial charge < -0.3 is 25.6 Å². The molecule has 8 heteroatoms. The monoisotopic (exact) mass is 293 g/mol. The summed E-state index contributed by atoms with van der Waals surface area (Å²) in [4.78, 5) is 22.6. The molecule has 112 valence electrons. The predicted molar refractivity (Wildman–Crippen MR) is 73.6 cm³/mol. The Balaban J connectivity index is 2.14. The van der Waals surface area contributed by atoms with Gasteiger partial charge >= 0.3 is 13.1 Å². The van der Waals surface area contributed by atoms with Crippen LogP contribution in [-0.4, -0.2) is 45.2 Å². The van der Waals surface area contributed by atoms with Crippen LogP contribution in [0, 0.1) is 5.92 Å². The number of hydrogen-bond donors (Lipinski definition) is 5. The Labute approximate surface area is 121 Å². The molecule has 0 bridgehead atoms. The van der Waals surface area contributed by atoms with Crippen LogP contribution in [0.5, 0.6) is 5.75 Å². The summed E-state index contributed by atoms with van der Waals surface area (Å²) in [7, 11) is -1.81. The minimum atomic E-state index is -1.81. The van der Waals surface area contributed by atoms with E-state index in [1.807, 2.05) is 0 Å². The van der Waals surface area contributed by atoms with E-state index in [0.717, 1.165) is 12.8 Å². The van der Waals surface area contributed by atoms with Gasteiger partial charge in [-0.3, -0.25) is 4.79 Å². The Morgan fingerprint density at radius 2 is 2.00 bits per heavy atom. The van der Waals surface area contributed by atoms with E-state index in [4.69, 9.17) is 5.11 Å². The molecule has 0 unspecified atom stereocenters. The number of amides is 1. The zero-order valence-electron chi connectivity index (χ0n) is 11.2. The van der Waals surface area contributed by atoms with Crippen LogP contribution < -0.4 is 5.32 Å². The molecule has 1 amide bonds. The fourth-order valence-corrected chi connectivity index (χ4v) is 2.04. The maximum absolute atomic E-state index is 11.7. The molecule has 1 saturated carbocycles. The smallest absolute Gasteiger partial charge is 0.475 e. The average molecular weight is 293 g/mol. The van der Waals surface area contributed by atoms with Crippen LogP contribution in [0.4, 0.5) is 0 Å². The standard InChI is InChI=1S/C13H16BNO6/c16-11-8(2-1-3-9(11)13(18)19)6-10(14(20)21)15-12(17)7-4-5-7/h1-3,7,10,16,20-21H,4-6H2,(H,15,17)(H,18,19)/t10-/m0/s1. The Bertz CT molecular complexity index is 558. The van der Waals surface area contributed by atoms with Gasteiger partial charge in [0.1, 0.15) is 11.3 Å². The first-order chi connectivity index (χ1) is 9.90. The molecule has 1 aliphatic rings. The minimum Gasteiger partial charge on any atom is -0.507 e. The summed E-state index contributed by atoms with van der Waals surface area (Å²) in [5, 5.41) is 40.0. The van der Waals surface area contributed by atoms with Crippen LogP contribution in [0.25, 0.3) is 0 Å². The molecule has 21 heavy (non-hydrogen) atoms. The molecule has 1 aromatic carbocycles. The highest BCUT2D eigenvalue weighted by Gasteiger charge is 2.34. The minimum absolute atomic E-state index is 0.0803. The quantitative estimate of drug-likeness (QED) is 0.452. The van der Waals surface area contributed by atoms with E-state index >= 15 is 0 Å². The van der Waals surface area contributed by atoms with Gasteiger partial charge in [-0.15, -0.1) is 0 Å². The number of carbonyl (C=O) groups excluding carboxylic acids is 1. The molecule has 1 atom stereocenters. The van der Waals surface area contributed by atoms with Gasteiger partial charge in [-0.05, 0) is 30.9 Å². The van der Waals surface area contributed by atoms with Crippen LogP contribution in [0.3, 0.4) is 0 Å². The van der Waals surface area contributed by atoms with Crippen LogP contribution in [0.2, 0.25) is 0 Å². The summed E-state index contributed by atoms with van der Waals surface area (Å²) in [6.45, 7) is 0. The first-order valence-electron chi connectivity index (χ1n) is 6.60. The number of carboxylic acid groups (broad SMARTS) is 1. The Hall–Kier alpha value is -2.06. The number of para-hydroxylation sites is 1. The van der Waals surface area contributed by atoms with Crippen LogP contribution >= 0.6 is 0 Å². The van der Waals surface area contributed by atoms with Crippen LogP contribution in [-0.2, 0) is 11.2 Å². The average Bonchev–Trinajstić information content (AvgIpc) is 3.23. The number of carbonyl (C=O) groups is 2. The van der Waals surface area contributed by atoms with Crippen molar-refractivity contribution in [2.45, 2.75) is 25.2 Å². The summed E-state index contributed by atoms with van der Waals surface area (Å²) in [6.07, 6.45) is 1.47. The van der Waals surface area contributed by atoms with Crippen molar-refractivity contribution in [3.05, 3.63) is 29.3 Å². The molecular weight excluding hydrogens is 277 g/mol. The van der Waals surface area contributed by atoms with Gasteiger partial charge in [0.2, 0.25) is 5.91 Å². The molecule has 0 radical (unpaired) electrons. The van der Waals surface area contributed by atoms with Crippen molar-refractivity contribution < 1.29 is 29.9 Å². The molecule has 7 nitrogen and oxygen atoms in total. The van der Waals surface area contributed by atoms with E-state index in [0.29, 0.717) is 0 Å². The summed E-state index contributed by atoms with van der Waals surface area (Å²) in [6, 6.07) is 4.16. The van der Waals surface area contributed by atoms with Gasteiger partial charge in [0.05, 0.1) is 5.94 Å². The normalized spacial score (nSPS) is 15.3. The second-order valence-corrected chi connectivity index (χ2v) is 5.13. The summed E-state index contributed by atoms with van der Waals surface area (Å²) in [5.74, 6) is -3.07. The summed E-state index contributed by atoms with van der Waals surface area (Å²) in [5.41, 5.74) is -0.0451. The van der Waals surface area contributed by atoms with E-state index in [-0.39, 0.29) is 29.4 Å². The number of rotatable bonds is 6. The molecule has 1 aromatic rings. The van der Waals surface area contributed by atoms with Gasteiger partial charge in [0.25, 0.3) is 0 Å². The lowest BCUT2D eigenvalue weighted by Gasteiger charge is -2.18. The highest BCUT2D eigenvalue weighted by atomic mass is 16.4. The summed E-state index contributed by atoms with van der Waals surface area (Å²) >= 11 is 0. The molecule has 1 fully saturated rings. The maximum atomic E-state index is 11.7. The van der Waals surface area contributed by atoms with Crippen molar-refractivity contribution in [2.24, 2.45) is 5.92 Å². The van der Waals surface area contributed by atoms with Gasteiger partial charge in [-0.2, -0.15) is 0 Å². The van der Waals surface area contributed by atoms with Gasteiger partial charge in [0.15, 0.2) is 0 Å².